The zero-order valence-corrected chi connectivity index (χ0v) is 18.2. The second kappa shape index (κ2) is 7.82. The third-order valence-corrected chi connectivity index (χ3v) is 6.32. The maximum Gasteiger partial charge on any atom is 0.573 e. The number of rotatable bonds is 5. The van der Waals surface area contributed by atoms with Gasteiger partial charge in [0.2, 0.25) is 5.95 Å². The van der Waals surface area contributed by atoms with Gasteiger partial charge in [-0.25, -0.2) is 9.97 Å². The summed E-state index contributed by atoms with van der Waals surface area (Å²) < 4.78 is 43.7. The highest BCUT2D eigenvalue weighted by molar-refractivity contribution is 6.18. The van der Waals surface area contributed by atoms with E-state index in [0.29, 0.717) is 35.1 Å². The van der Waals surface area contributed by atoms with Crippen molar-refractivity contribution in [1.29, 1.82) is 10.8 Å². The summed E-state index contributed by atoms with van der Waals surface area (Å²) in [5, 5.41) is 16.6. The molecule has 0 bridgehead atoms. The standard InChI is InChI=1S/C22H21F3N8O/c1-2-21-7-4-9-33(21)18-16(32(13-26)19(21)27)12-29-20(30-18)31-10-8-28-17(31)14-5-3-6-15(11-14)34-22(23,24)25/h3,5-6,8,10-13,26-27H,2,4,7,9H2,1H3. The molecule has 0 aliphatic carbocycles. The molecule has 34 heavy (non-hydrogen) atoms. The van der Waals surface area contributed by atoms with Gasteiger partial charge in [0.05, 0.1) is 18.1 Å². The summed E-state index contributed by atoms with van der Waals surface area (Å²) in [5.74, 6) is 1.22. The van der Waals surface area contributed by atoms with E-state index in [9.17, 15) is 13.2 Å². The molecule has 3 aromatic rings. The zero-order valence-electron chi connectivity index (χ0n) is 18.2. The van der Waals surface area contributed by atoms with E-state index in [-0.39, 0.29) is 11.7 Å². The number of nitrogens with one attached hydrogen (secondary N) is 2. The van der Waals surface area contributed by atoms with Crippen LogP contribution in [0.5, 0.6) is 5.75 Å². The Morgan fingerprint density at radius 3 is 2.82 bits per heavy atom. The van der Waals surface area contributed by atoms with E-state index in [4.69, 9.17) is 15.8 Å². The number of amidine groups is 1. The van der Waals surface area contributed by atoms with Crippen molar-refractivity contribution < 1.29 is 17.9 Å². The number of alkyl halides is 3. The average Bonchev–Trinajstić information content (AvgIpc) is 3.47. The van der Waals surface area contributed by atoms with Gasteiger partial charge in [0.1, 0.15) is 23.1 Å². The SMILES string of the molecule is CCC12CCCN1c1nc(-n3ccnc3-c3cccc(OC(F)(F)F)c3)ncc1N(C=N)C2=N. The predicted octanol–water partition coefficient (Wildman–Crippen LogP) is 4.38. The van der Waals surface area contributed by atoms with E-state index in [2.05, 4.69) is 19.6 Å². The quantitative estimate of drug-likeness (QED) is 0.423. The first-order valence-corrected chi connectivity index (χ1v) is 10.7. The Kier molecular flexibility index (Phi) is 5.03. The second-order valence-electron chi connectivity index (χ2n) is 8.06. The number of hydrogen-bond donors (Lipinski definition) is 2. The van der Waals surface area contributed by atoms with Crippen LogP contribution in [0.3, 0.4) is 0 Å². The molecule has 0 saturated carbocycles. The molecule has 5 rings (SSSR count). The molecular formula is C22H21F3N8O. The van der Waals surface area contributed by atoms with Crippen molar-refractivity contribution in [2.45, 2.75) is 38.1 Å². The van der Waals surface area contributed by atoms with Crippen molar-refractivity contribution >= 4 is 23.7 Å². The normalized spacial score (nSPS) is 19.7. The van der Waals surface area contributed by atoms with Crippen LogP contribution < -0.4 is 14.5 Å². The molecule has 1 saturated heterocycles. The fourth-order valence-corrected chi connectivity index (χ4v) is 4.80. The van der Waals surface area contributed by atoms with E-state index < -0.39 is 11.9 Å². The smallest absolute Gasteiger partial charge is 0.406 e. The summed E-state index contributed by atoms with van der Waals surface area (Å²) >= 11 is 0. The molecule has 2 N–H and O–H groups in total. The Bertz CT molecular complexity index is 1270. The Balaban J connectivity index is 1.59. The number of anilines is 2. The van der Waals surface area contributed by atoms with Gasteiger partial charge >= 0.3 is 6.36 Å². The minimum absolute atomic E-state index is 0.281. The number of ether oxygens (including phenoxy) is 1. The van der Waals surface area contributed by atoms with Crippen LogP contribution in [0.25, 0.3) is 17.3 Å². The van der Waals surface area contributed by atoms with Crippen molar-refractivity contribution in [2.24, 2.45) is 0 Å². The molecule has 0 amide bonds. The Hall–Kier alpha value is -3.96. The van der Waals surface area contributed by atoms with Gasteiger partial charge in [0.15, 0.2) is 5.82 Å². The summed E-state index contributed by atoms with van der Waals surface area (Å²) in [7, 11) is 0. The molecule has 0 radical (unpaired) electrons. The molecule has 12 heteroatoms. The molecule has 1 fully saturated rings. The number of halogens is 3. The van der Waals surface area contributed by atoms with Crippen LogP contribution in [0, 0.1) is 10.8 Å². The summed E-state index contributed by atoms with van der Waals surface area (Å²) in [6, 6.07) is 5.56. The lowest BCUT2D eigenvalue weighted by Crippen LogP contribution is -2.60. The van der Waals surface area contributed by atoms with Crippen LogP contribution in [-0.2, 0) is 0 Å². The minimum Gasteiger partial charge on any atom is -0.406 e. The third-order valence-electron chi connectivity index (χ3n) is 6.32. The Morgan fingerprint density at radius 2 is 2.09 bits per heavy atom. The van der Waals surface area contributed by atoms with Gasteiger partial charge in [0.25, 0.3) is 0 Å². The molecule has 176 valence electrons. The summed E-state index contributed by atoms with van der Waals surface area (Å²) in [6.45, 7) is 2.74. The first-order valence-electron chi connectivity index (χ1n) is 10.7. The summed E-state index contributed by atoms with van der Waals surface area (Å²) in [6.07, 6.45) is 3.37. The molecular weight excluding hydrogens is 449 g/mol. The van der Waals surface area contributed by atoms with E-state index in [1.807, 2.05) is 6.92 Å². The number of nitrogens with zero attached hydrogens (tertiary/aromatic N) is 6. The first-order chi connectivity index (χ1) is 16.3. The Labute approximate surface area is 192 Å². The molecule has 1 aromatic carbocycles. The number of hydrogen-bond acceptors (Lipinski definition) is 7. The fourth-order valence-electron chi connectivity index (χ4n) is 4.80. The number of benzene rings is 1. The van der Waals surface area contributed by atoms with Gasteiger partial charge < -0.3 is 9.64 Å². The van der Waals surface area contributed by atoms with Crippen LogP contribution >= 0.6 is 0 Å². The number of aromatic nitrogens is 4. The summed E-state index contributed by atoms with van der Waals surface area (Å²) in [5.41, 5.74) is 0.397. The van der Waals surface area contributed by atoms with Gasteiger partial charge in [-0.15, -0.1) is 13.2 Å². The van der Waals surface area contributed by atoms with E-state index in [0.717, 1.165) is 25.7 Å². The van der Waals surface area contributed by atoms with Crippen LogP contribution in [0.1, 0.15) is 26.2 Å². The van der Waals surface area contributed by atoms with Crippen molar-refractivity contribution in [3.05, 3.63) is 42.9 Å². The first kappa shape index (κ1) is 21.9. The van der Waals surface area contributed by atoms with Crippen LogP contribution in [0.2, 0.25) is 0 Å². The molecule has 4 heterocycles. The van der Waals surface area contributed by atoms with Crippen LogP contribution in [-0.4, -0.2) is 50.1 Å². The van der Waals surface area contributed by atoms with E-state index in [1.165, 1.54) is 29.3 Å². The molecule has 2 aliphatic rings. The van der Waals surface area contributed by atoms with Crippen molar-refractivity contribution in [2.75, 3.05) is 16.3 Å². The molecule has 2 aliphatic heterocycles. The van der Waals surface area contributed by atoms with Gasteiger partial charge in [-0.1, -0.05) is 19.1 Å². The summed E-state index contributed by atoms with van der Waals surface area (Å²) in [4.78, 5) is 17.1. The third kappa shape index (κ3) is 3.37. The predicted molar refractivity (Wildman–Crippen MR) is 120 cm³/mol. The van der Waals surface area contributed by atoms with Crippen molar-refractivity contribution in [3.8, 4) is 23.1 Å². The number of imidazole rings is 1. The molecule has 1 unspecified atom stereocenters. The zero-order chi connectivity index (χ0) is 24.1. The highest BCUT2D eigenvalue weighted by Gasteiger charge is 2.50. The van der Waals surface area contributed by atoms with E-state index in [1.54, 1.807) is 23.0 Å². The van der Waals surface area contributed by atoms with E-state index >= 15 is 0 Å². The van der Waals surface area contributed by atoms with Gasteiger partial charge in [0, 0.05) is 24.5 Å². The molecule has 1 atom stereocenters. The monoisotopic (exact) mass is 470 g/mol. The molecule has 0 spiro atoms. The highest BCUT2D eigenvalue weighted by Crippen LogP contribution is 2.46. The average molecular weight is 470 g/mol. The maximum atomic E-state index is 12.7. The maximum absolute atomic E-state index is 12.7. The second-order valence-corrected chi connectivity index (χ2v) is 8.06. The fraction of sp³-hybridized carbons (Fsp3) is 0.318. The van der Waals surface area contributed by atoms with Crippen LogP contribution in [0.15, 0.2) is 42.9 Å². The lowest BCUT2D eigenvalue weighted by molar-refractivity contribution is -0.274. The van der Waals surface area contributed by atoms with Crippen molar-refractivity contribution in [3.63, 3.8) is 0 Å². The number of fused-ring (bicyclic) bond motifs is 3. The molecule has 9 nitrogen and oxygen atoms in total. The Morgan fingerprint density at radius 1 is 1.26 bits per heavy atom. The molecule has 2 aromatic heterocycles. The lowest BCUT2D eigenvalue weighted by Gasteiger charge is -2.47. The van der Waals surface area contributed by atoms with Crippen molar-refractivity contribution in [1.82, 2.24) is 19.5 Å². The van der Waals surface area contributed by atoms with Gasteiger partial charge in [-0.05, 0) is 31.4 Å². The van der Waals surface area contributed by atoms with Gasteiger partial charge in [-0.2, -0.15) is 4.98 Å². The largest absolute Gasteiger partial charge is 0.573 e. The van der Waals surface area contributed by atoms with Gasteiger partial charge in [-0.3, -0.25) is 20.3 Å². The highest BCUT2D eigenvalue weighted by atomic mass is 19.4. The van der Waals surface area contributed by atoms with Crippen LogP contribution in [0.4, 0.5) is 24.7 Å². The lowest BCUT2D eigenvalue weighted by atomic mass is 9.88. The minimum atomic E-state index is -4.80. The topological polar surface area (TPSA) is 107 Å².